The van der Waals surface area contributed by atoms with Gasteiger partial charge in [0, 0.05) is 31.1 Å². The van der Waals surface area contributed by atoms with E-state index in [9.17, 15) is 13.9 Å². The standard InChI is InChI=1S/C23H26F3N5O2/c1-13(16-6-5-7-18(19(16)24)23(25,26)12-33-4)28-21-17-8-15(31-10-22(3,32)11-31)9-27-20(17)14(2)29-30-21/h5-9,13,32H,10-12H2,1-4H3,(H,28,30)/t13-/m1/s1. The highest BCUT2D eigenvalue weighted by molar-refractivity contribution is 5.92. The molecule has 3 heterocycles. The number of nitrogens with one attached hydrogen (secondary N) is 1. The summed E-state index contributed by atoms with van der Waals surface area (Å²) in [6.07, 6.45) is 1.71. The van der Waals surface area contributed by atoms with Crippen molar-refractivity contribution in [1.29, 1.82) is 0 Å². The van der Waals surface area contributed by atoms with Gasteiger partial charge in [0.25, 0.3) is 5.92 Å². The van der Waals surface area contributed by atoms with Crippen LogP contribution in [0.5, 0.6) is 0 Å². The van der Waals surface area contributed by atoms with Gasteiger partial charge in [0.1, 0.15) is 12.4 Å². The Morgan fingerprint density at radius 2 is 2.03 bits per heavy atom. The van der Waals surface area contributed by atoms with Gasteiger partial charge in [-0.15, -0.1) is 5.10 Å². The van der Waals surface area contributed by atoms with Crippen molar-refractivity contribution in [3.8, 4) is 0 Å². The van der Waals surface area contributed by atoms with Crippen LogP contribution in [0.1, 0.15) is 36.7 Å². The zero-order chi connectivity index (χ0) is 24.0. The fraction of sp³-hybridized carbons (Fsp3) is 0.435. The van der Waals surface area contributed by atoms with E-state index in [2.05, 4.69) is 25.2 Å². The predicted molar refractivity (Wildman–Crippen MR) is 119 cm³/mol. The first-order valence-electron chi connectivity index (χ1n) is 10.5. The Kier molecular flexibility index (Phi) is 5.92. The van der Waals surface area contributed by atoms with E-state index < -0.39 is 35.6 Å². The van der Waals surface area contributed by atoms with E-state index in [1.165, 1.54) is 12.1 Å². The second kappa shape index (κ2) is 8.42. The van der Waals surface area contributed by atoms with E-state index in [-0.39, 0.29) is 5.56 Å². The molecule has 0 amide bonds. The number of aromatic nitrogens is 3. The van der Waals surface area contributed by atoms with Crippen LogP contribution in [0.4, 0.5) is 24.7 Å². The van der Waals surface area contributed by atoms with E-state index >= 15 is 4.39 Å². The lowest BCUT2D eigenvalue weighted by Crippen LogP contribution is -2.60. The summed E-state index contributed by atoms with van der Waals surface area (Å²) in [6, 6.07) is 5.10. The quantitative estimate of drug-likeness (QED) is 0.551. The van der Waals surface area contributed by atoms with Crippen molar-refractivity contribution in [2.75, 3.05) is 37.0 Å². The van der Waals surface area contributed by atoms with E-state index in [1.54, 1.807) is 27.0 Å². The molecule has 2 N–H and O–H groups in total. The molecule has 1 saturated heterocycles. The third-order valence-corrected chi connectivity index (χ3v) is 5.77. The van der Waals surface area contributed by atoms with Gasteiger partial charge in [-0.1, -0.05) is 12.1 Å². The number of halogens is 3. The molecule has 0 spiro atoms. The number of nitrogens with zero attached hydrogens (tertiary/aromatic N) is 4. The van der Waals surface area contributed by atoms with Crippen LogP contribution in [-0.2, 0) is 10.7 Å². The maximum Gasteiger partial charge on any atom is 0.298 e. The first-order valence-corrected chi connectivity index (χ1v) is 10.5. The molecule has 2 aromatic heterocycles. The number of aliphatic hydroxyl groups is 1. The van der Waals surface area contributed by atoms with E-state index in [1.807, 2.05) is 11.0 Å². The van der Waals surface area contributed by atoms with Crippen LogP contribution in [0.15, 0.2) is 30.5 Å². The van der Waals surface area contributed by atoms with Crippen LogP contribution in [0.25, 0.3) is 10.9 Å². The molecule has 1 aliphatic rings. The summed E-state index contributed by atoms with van der Waals surface area (Å²) >= 11 is 0. The van der Waals surface area contributed by atoms with Crippen LogP contribution in [-0.4, -0.2) is 52.7 Å². The number of β-amino-alcohol motifs (C(OH)–C–C–N with tert-alkyl or cyclic N) is 1. The zero-order valence-corrected chi connectivity index (χ0v) is 18.9. The molecule has 7 nitrogen and oxygen atoms in total. The summed E-state index contributed by atoms with van der Waals surface area (Å²) in [5.74, 6) is -4.09. The minimum absolute atomic E-state index is 0.0710. The third-order valence-electron chi connectivity index (χ3n) is 5.77. The molecule has 3 aromatic rings. The van der Waals surface area contributed by atoms with E-state index in [4.69, 9.17) is 0 Å². The molecule has 33 heavy (non-hydrogen) atoms. The number of hydrogen-bond donors (Lipinski definition) is 2. The van der Waals surface area contributed by atoms with Gasteiger partial charge in [-0.25, -0.2) is 4.39 Å². The van der Waals surface area contributed by atoms with Crippen molar-refractivity contribution in [3.63, 3.8) is 0 Å². The molecule has 176 valence electrons. The highest BCUT2D eigenvalue weighted by Crippen LogP contribution is 2.35. The highest BCUT2D eigenvalue weighted by Gasteiger charge is 2.37. The monoisotopic (exact) mass is 461 g/mol. The van der Waals surface area contributed by atoms with Crippen LogP contribution >= 0.6 is 0 Å². The first-order chi connectivity index (χ1) is 15.5. The van der Waals surface area contributed by atoms with Gasteiger partial charge in [-0.3, -0.25) is 4.98 Å². The number of rotatable bonds is 7. The second-order valence-electron chi connectivity index (χ2n) is 8.79. The summed E-state index contributed by atoms with van der Waals surface area (Å²) in [4.78, 5) is 6.49. The largest absolute Gasteiger partial charge is 0.386 e. The van der Waals surface area contributed by atoms with Gasteiger partial charge >= 0.3 is 0 Å². The number of benzene rings is 1. The highest BCUT2D eigenvalue weighted by atomic mass is 19.3. The molecule has 1 aromatic carbocycles. The van der Waals surface area contributed by atoms with Gasteiger partial charge in [0.05, 0.1) is 40.3 Å². The van der Waals surface area contributed by atoms with Gasteiger partial charge in [0.2, 0.25) is 0 Å². The number of aryl methyl sites for hydroxylation is 1. The van der Waals surface area contributed by atoms with Crippen LogP contribution in [0, 0.1) is 12.7 Å². The Bertz CT molecular complexity index is 1180. The molecule has 10 heteroatoms. The SMILES string of the molecule is COCC(F)(F)c1cccc([C@@H](C)Nc2nnc(C)c3ncc(N4CC(C)(O)C4)cc23)c1F. The molecule has 0 unspecified atom stereocenters. The fourth-order valence-corrected chi connectivity index (χ4v) is 4.10. The smallest absolute Gasteiger partial charge is 0.298 e. The third kappa shape index (κ3) is 4.45. The van der Waals surface area contributed by atoms with E-state index in [0.29, 0.717) is 35.5 Å². The van der Waals surface area contributed by atoms with E-state index in [0.717, 1.165) is 18.9 Å². The molecule has 0 aliphatic carbocycles. The number of ether oxygens (including phenoxy) is 1. The molecule has 0 radical (unpaired) electrons. The van der Waals surface area contributed by atoms with Gasteiger partial charge in [-0.05, 0) is 32.9 Å². The number of hydrogen-bond acceptors (Lipinski definition) is 7. The van der Waals surface area contributed by atoms with Crippen molar-refractivity contribution in [2.24, 2.45) is 0 Å². The summed E-state index contributed by atoms with van der Waals surface area (Å²) in [5.41, 5.74) is 0.661. The van der Waals surface area contributed by atoms with Crippen molar-refractivity contribution in [3.05, 3.63) is 53.1 Å². The minimum atomic E-state index is -3.46. The van der Waals surface area contributed by atoms with Crippen LogP contribution in [0.3, 0.4) is 0 Å². The van der Waals surface area contributed by atoms with Crippen molar-refractivity contribution >= 4 is 22.4 Å². The first kappa shape index (κ1) is 23.2. The lowest BCUT2D eigenvalue weighted by Gasteiger charge is -2.45. The Balaban J connectivity index is 1.67. The van der Waals surface area contributed by atoms with Crippen molar-refractivity contribution < 1.29 is 23.0 Å². The van der Waals surface area contributed by atoms with Crippen LogP contribution < -0.4 is 10.2 Å². The Morgan fingerprint density at radius 1 is 1.30 bits per heavy atom. The van der Waals surface area contributed by atoms with Gasteiger partial charge in [0.15, 0.2) is 5.82 Å². The lowest BCUT2D eigenvalue weighted by atomic mass is 9.96. The fourth-order valence-electron chi connectivity index (χ4n) is 4.10. The molecule has 1 aliphatic heterocycles. The molecule has 0 saturated carbocycles. The molecule has 0 bridgehead atoms. The Labute approximate surface area is 189 Å². The van der Waals surface area contributed by atoms with Crippen molar-refractivity contribution in [2.45, 2.75) is 38.3 Å². The van der Waals surface area contributed by atoms with Gasteiger partial charge < -0.3 is 20.1 Å². The predicted octanol–water partition coefficient (Wildman–Crippen LogP) is 3.95. The van der Waals surface area contributed by atoms with Gasteiger partial charge in [-0.2, -0.15) is 13.9 Å². The van der Waals surface area contributed by atoms with Crippen molar-refractivity contribution in [1.82, 2.24) is 15.2 Å². The lowest BCUT2D eigenvalue weighted by molar-refractivity contribution is -0.0722. The second-order valence-corrected chi connectivity index (χ2v) is 8.79. The topological polar surface area (TPSA) is 83.4 Å². The molecular formula is C23H26F3N5O2. The maximum absolute atomic E-state index is 15.1. The number of methoxy groups -OCH3 is 1. The van der Waals surface area contributed by atoms with Crippen LogP contribution in [0.2, 0.25) is 0 Å². The average molecular weight is 461 g/mol. The Morgan fingerprint density at radius 3 is 2.70 bits per heavy atom. The number of fused-ring (bicyclic) bond motifs is 1. The summed E-state index contributed by atoms with van der Waals surface area (Å²) in [5, 5.41) is 22.2. The number of alkyl halides is 2. The summed E-state index contributed by atoms with van der Waals surface area (Å²) in [6.45, 7) is 5.25. The number of anilines is 2. The Hall–Kier alpha value is -2.98. The zero-order valence-electron chi connectivity index (χ0n) is 18.9. The minimum Gasteiger partial charge on any atom is -0.386 e. The molecule has 4 rings (SSSR count). The normalized spacial score (nSPS) is 16.5. The maximum atomic E-state index is 15.1. The summed E-state index contributed by atoms with van der Waals surface area (Å²) < 4.78 is 48.2. The molecular weight excluding hydrogens is 435 g/mol. The molecule has 1 fully saturated rings. The summed E-state index contributed by atoms with van der Waals surface area (Å²) in [7, 11) is 1.14. The average Bonchev–Trinajstić information content (AvgIpc) is 2.73. The molecule has 1 atom stereocenters. The number of pyridine rings is 1.